The van der Waals surface area contributed by atoms with Gasteiger partial charge in [0.25, 0.3) is 0 Å². The molecule has 106 valence electrons. The molecule has 1 unspecified atom stereocenters. The lowest BCUT2D eigenvalue weighted by atomic mass is 9.97. The second-order valence-corrected chi connectivity index (χ2v) is 4.65. The highest BCUT2D eigenvalue weighted by Crippen LogP contribution is 2.26. The molecule has 1 atom stereocenters. The Kier molecular flexibility index (Phi) is 4.35. The summed E-state index contributed by atoms with van der Waals surface area (Å²) in [5.41, 5.74) is 1.59. The lowest BCUT2D eigenvalue weighted by Crippen LogP contribution is -2.06. The highest BCUT2D eigenvalue weighted by Gasteiger charge is 2.16. The number of hydrogen-bond acceptors (Lipinski definition) is 2. The Bertz CT molecular complexity index is 611. The van der Waals surface area contributed by atoms with Gasteiger partial charge >= 0.3 is 0 Å². The molecule has 0 aromatic heterocycles. The number of ether oxygens (including phenoxy) is 1. The highest BCUT2D eigenvalue weighted by molar-refractivity contribution is 5.34. The molecule has 1 N–H and O–H groups in total. The lowest BCUT2D eigenvalue weighted by Gasteiger charge is -2.15. The summed E-state index contributed by atoms with van der Waals surface area (Å²) in [5.74, 6) is -0.689. The third-order valence-corrected chi connectivity index (χ3v) is 3.27. The van der Waals surface area contributed by atoms with Crippen molar-refractivity contribution in [3.8, 4) is 5.75 Å². The van der Waals surface area contributed by atoms with E-state index >= 15 is 0 Å². The minimum absolute atomic E-state index is 0.107. The van der Waals surface area contributed by atoms with Crippen molar-refractivity contribution < 1.29 is 18.6 Å². The third-order valence-electron chi connectivity index (χ3n) is 3.27. The Morgan fingerprint density at radius 1 is 1.20 bits per heavy atom. The van der Waals surface area contributed by atoms with Gasteiger partial charge in [-0.3, -0.25) is 0 Å². The maximum absolute atomic E-state index is 14.0. The van der Waals surface area contributed by atoms with Gasteiger partial charge in [-0.2, -0.15) is 0 Å². The van der Waals surface area contributed by atoms with Crippen molar-refractivity contribution in [3.63, 3.8) is 0 Å². The fraction of sp³-hybridized carbons (Fsp3) is 0.250. The number of rotatable bonds is 4. The molecular formula is C16H16F2O2. The van der Waals surface area contributed by atoms with Crippen LogP contribution in [0.4, 0.5) is 8.78 Å². The van der Waals surface area contributed by atoms with Crippen LogP contribution in [0.3, 0.4) is 0 Å². The molecule has 0 saturated heterocycles. The van der Waals surface area contributed by atoms with Gasteiger partial charge in [0.2, 0.25) is 0 Å². The third kappa shape index (κ3) is 2.96. The van der Waals surface area contributed by atoms with Crippen LogP contribution in [-0.4, -0.2) is 12.2 Å². The average molecular weight is 278 g/mol. The molecule has 0 aliphatic rings. The molecule has 2 aromatic carbocycles. The summed E-state index contributed by atoms with van der Waals surface area (Å²) in [6.45, 7) is 1.71. The molecular weight excluding hydrogens is 262 g/mol. The number of aliphatic hydroxyl groups excluding tert-OH is 1. The van der Waals surface area contributed by atoms with Crippen LogP contribution < -0.4 is 4.74 Å². The van der Waals surface area contributed by atoms with Crippen molar-refractivity contribution in [3.05, 3.63) is 64.7 Å². The number of aliphatic hydroxyl groups is 1. The summed E-state index contributed by atoms with van der Waals surface area (Å²) in [5, 5.41) is 10.2. The summed E-state index contributed by atoms with van der Waals surface area (Å²) in [7, 11) is 1.39. The van der Waals surface area contributed by atoms with E-state index in [2.05, 4.69) is 0 Å². The first-order valence-electron chi connectivity index (χ1n) is 6.28. The number of benzene rings is 2. The maximum atomic E-state index is 14.0. The van der Waals surface area contributed by atoms with Gasteiger partial charge in [0, 0.05) is 6.42 Å². The van der Waals surface area contributed by atoms with Crippen molar-refractivity contribution in [1.29, 1.82) is 0 Å². The van der Waals surface area contributed by atoms with E-state index in [0.29, 0.717) is 16.7 Å². The van der Waals surface area contributed by atoms with Gasteiger partial charge in [0.1, 0.15) is 5.82 Å². The van der Waals surface area contributed by atoms with Gasteiger partial charge in [-0.05, 0) is 41.8 Å². The van der Waals surface area contributed by atoms with Gasteiger partial charge in [0.05, 0.1) is 13.2 Å². The molecule has 2 aromatic rings. The smallest absolute Gasteiger partial charge is 0.168 e. The molecule has 0 spiro atoms. The summed E-state index contributed by atoms with van der Waals surface area (Å²) in [6, 6.07) is 8.94. The van der Waals surface area contributed by atoms with E-state index in [4.69, 9.17) is 4.74 Å². The molecule has 0 aliphatic carbocycles. The van der Waals surface area contributed by atoms with Crippen molar-refractivity contribution in [2.75, 3.05) is 7.11 Å². The number of halogens is 2. The van der Waals surface area contributed by atoms with E-state index in [1.54, 1.807) is 19.1 Å². The molecule has 0 heterocycles. The van der Waals surface area contributed by atoms with Gasteiger partial charge in [-0.25, -0.2) is 8.78 Å². The van der Waals surface area contributed by atoms with E-state index in [9.17, 15) is 13.9 Å². The van der Waals surface area contributed by atoms with Gasteiger partial charge in [-0.1, -0.05) is 18.2 Å². The summed E-state index contributed by atoms with van der Waals surface area (Å²) in [4.78, 5) is 0. The predicted molar refractivity (Wildman–Crippen MR) is 72.8 cm³/mol. The first-order chi connectivity index (χ1) is 9.52. The summed E-state index contributed by atoms with van der Waals surface area (Å²) in [6.07, 6.45) is -0.785. The van der Waals surface area contributed by atoms with Crippen LogP contribution in [0.2, 0.25) is 0 Å². The van der Waals surface area contributed by atoms with Crippen LogP contribution >= 0.6 is 0 Å². The minimum atomic E-state index is -0.891. The average Bonchev–Trinajstić information content (AvgIpc) is 2.41. The highest BCUT2D eigenvalue weighted by atomic mass is 19.1. The predicted octanol–water partition coefficient (Wildman–Crippen LogP) is 3.56. The number of hydrogen-bond donors (Lipinski definition) is 1. The fourth-order valence-electron chi connectivity index (χ4n) is 2.20. The first-order valence-corrected chi connectivity index (χ1v) is 6.28. The first kappa shape index (κ1) is 14.5. The molecule has 0 fully saturated rings. The van der Waals surface area contributed by atoms with Crippen molar-refractivity contribution >= 4 is 0 Å². The molecule has 0 saturated carbocycles. The molecule has 0 bridgehead atoms. The molecule has 2 nitrogen and oxygen atoms in total. The largest absolute Gasteiger partial charge is 0.494 e. The summed E-state index contributed by atoms with van der Waals surface area (Å²) < 4.78 is 32.0. The van der Waals surface area contributed by atoms with Crippen LogP contribution in [0, 0.1) is 18.6 Å². The molecule has 0 amide bonds. The number of methoxy groups -OCH3 is 1. The molecule has 4 heteroatoms. The Morgan fingerprint density at radius 2 is 1.95 bits per heavy atom. The van der Waals surface area contributed by atoms with E-state index in [1.807, 2.05) is 0 Å². The van der Waals surface area contributed by atoms with Crippen LogP contribution in [0.25, 0.3) is 0 Å². The SMILES string of the molecule is COc1cccc(CC(O)c2ccc(F)cc2C)c1F. The monoisotopic (exact) mass is 278 g/mol. The van der Waals surface area contributed by atoms with Crippen LogP contribution in [0.15, 0.2) is 36.4 Å². The van der Waals surface area contributed by atoms with E-state index < -0.39 is 11.9 Å². The van der Waals surface area contributed by atoms with E-state index in [1.165, 1.54) is 31.4 Å². The summed E-state index contributed by atoms with van der Waals surface area (Å²) >= 11 is 0. The van der Waals surface area contributed by atoms with E-state index in [-0.39, 0.29) is 18.0 Å². The number of aryl methyl sites for hydroxylation is 1. The van der Waals surface area contributed by atoms with Crippen LogP contribution in [-0.2, 0) is 6.42 Å². The Morgan fingerprint density at radius 3 is 2.60 bits per heavy atom. The van der Waals surface area contributed by atoms with Crippen molar-refractivity contribution in [1.82, 2.24) is 0 Å². The zero-order valence-electron chi connectivity index (χ0n) is 11.4. The topological polar surface area (TPSA) is 29.5 Å². The standard InChI is InChI=1S/C16H16F2O2/c1-10-8-12(17)6-7-13(10)14(19)9-11-4-3-5-15(20-2)16(11)18/h3-8,14,19H,9H2,1-2H3. The maximum Gasteiger partial charge on any atom is 0.168 e. The molecule has 0 radical (unpaired) electrons. The van der Waals surface area contributed by atoms with Gasteiger partial charge in [0.15, 0.2) is 11.6 Å². The quantitative estimate of drug-likeness (QED) is 0.926. The fourth-order valence-corrected chi connectivity index (χ4v) is 2.20. The van der Waals surface area contributed by atoms with Crippen LogP contribution in [0.5, 0.6) is 5.75 Å². The zero-order valence-corrected chi connectivity index (χ0v) is 11.4. The van der Waals surface area contributed by atoms with Gasteiger partial charge in [-0.15, -0.1) is 0 Å². The van der Waals surface area contributed by atoms with Crippen molar-refractivity contribution in [2.24, 2.45) is 0 Å². The van der Waals surface area contributed by atoms with Crippen LogP contribution in [0.1, 0.15) is 22.8 Å². The second-order valence-electron chi connectivity index (χ2n) is 4.65. The Hall–Kier alpha value is -1.94. The normalized spacial score (nSPS) is 12.2. The lowest BCUT2D eigenvalue weighted by molar-refractivity contribution is 0.176. The minimum Gasteiger partial charge on any atom is -0.494 e. The van der Waals surface area contributed by atoms with Gasteiger partial charge < -0.3 is 9.84 Å². The zero-order chi connectivity index (χ0) is 14.7. The molecule has 20 heavy (non-hydrogen) atoms. The molecule has 0 aliphatic heterocycles. The Labute approximate surface area is 116 Å². The van der Waals surface area contributed by atoms with E-state index in [0.717, 1.165) is 0 Å². The van der Waals surface area contributed by atoms with Crippen molar-refractivity contribution in [2.45, 2.75) is 19.4 Å². The second kappa shape index (κ2) is 6.01. The molecule has 2 rings (SSSR count). The Balaban J connectivity index is 2.25.